The summed E-state index contributed by atoms with van der Waals surface area (Å²) in [6.45, 7) is 5.46. The van der Waals surface area contributed by atoms with Crippen LogP contribution in [0.1, 0.15) is 181 Å². The topological polar surface area (TPSA) is 105 Å². The van der Waals surface area contributed by atoms with Gasteiger partial charge in [0.1, 0.15) is 6.73 Å². The molecule has 0 aromatic carbocycles. The number of hydrogen-bond acceptors (Lipinski definition) is 6. The summed E-state index contributed by atoms with van der Waals surface area (Å²) in [4.78, 5) is 26.9. The Bertz CT molecular complexity index is 709. The van der Waals surface area contributed by atoms with Crippen LogP contribution in [0.2, 0.25) is 0 Å². The summed E-state index contributed by atoms with van der Waals surface area (Å²) < 4.78 is 6.03. The SMILES string of the molecule is CCCCCCCCCCCCCCCCOC[C@H](CSC[C@H](N)C(=O)N(CO)C1CC1)NC(=O)CCCCCCCCCCC. The van der Waals surface area contributed by atoms with Gasteiger partial charge in [-0.1, -0.05) is 149 Å². The molecule has 2 atom stereocenters. The van der Waals surface area contributed by atoms with Crippen molar-refractivity contribution in [2.75, 3.05) is 31.5 Å². The highest BCUT2D eigenvalue weighted by molar-refractivity contribution is 7.99. The van der Waals surface area contributed by atoms with Crippen LogP contribution in [0.25, 0.3) is 0 Å². The molecule has 0 aromatic heterocycles. The number of nitrogens with two attached hydrogens (primary N) is 1. The van der Waals surface area contributed by atoms with Gasteiger partial charge in [-0.25, -0.2) is 0 Å². The van der Waals surface area contributed by atoms with E-state index in [2.05, 4.69) is 19.2 Å². The van der Waals surface area contributed by atoms with E-state index in [1.54, 1.807) is 11.8 Å². The summed E-state index contributed by atoms with van der Waals surface area (Å²) in [6, 6.07) is -0.597. The highest BCUT2D eigenvalue weighted by Crippen LogP contribution is 2.27. The maximum atomic E-state index is 12.8. The van der Waals surface area contributed by atoms with Gasteiger partial charge in [0, 0.05) is 30.6 Å². The van der Waals surface area contributed by atoms with Crippen LogP contribution in [0.4, 0.5) is 0 Å². The van der Waals surface area contributed by atoms with E-state index in [-0.39, 0.29) is 30.6 Å². The predicted octanol–water partition coefficient (Wildman–Crippen LogP) is 8.89. The van der Waals surface area contributed by atoms with Gasteiger partial charge in [0.2, 0.25) is 11.8 Å². The first kappa shape index (κ1) is 43.2. The third kappa shape index (κ3) is 25.2. The minimum atomic E-state index is -0.646. The molecule has 1 rings (SSSR count). The van der Waals surface area contributed by atoms with Gasteiger partial charge in [-0.15, -0.1) is 0 Å². The van der Waals surface area contributed by atoms with Gasteiger partial charge in [0.25, 0.3) is 0 Å². The normalized spacial score (nSPS) is 14.3. The van der Waals surface area contributed by atoms with E-state index in [9.17, 15) is 14.7 Å². The molecule has 0 saturated heterocycles. The Labute approximate surface area is 288 Å². The molecule has 46 heavy (non-hydrogen) atoms. The zero-order valence-corrected chi connectivity index (χ0v) is 31.1. The molecule has 1 saturated carbocycles. The molecule has 4 N–H and O–H groups in total. The van der Waals surface area contributed by atoms with Crippen LogP contribution in [0.5, 0.6) is 0 Å². The van der Waals surface area contributed by atoms with Crippen LogP contribution in [-0.4, -0.2) is 71.4 Å². The first-order valence-electron chi connectivity index (χ1n) is 19.6. The van der Waals surface area contributed by atoms with Crippen molar-refractivity contribution < 1.29 is 19.4 Å². The van der Waals surface area contributed by atoms with Gasteiger partial charge >= 0.3 is 0 Å². The fourth-order valence-electron chi connectivity index (χ4n) is 6.02. The van der Waals surface area contributed by atoms with Crippen LogP contribution in [0.15, 0.2) is 0 Å². The Balaban J connectivity index is 2.23. The first-order valence-corrected chi connectivity index (χ1v) is 20.8. The molecular formula is C38H75N3O4S. The molecule has 0 aliphatic heterocycles. The van der Waals surface area contributed by atoms with E-state index < -0.39 is 6.04 Å². The lowest BCUT2D eigenvalue weighted by Crippen LogP contribution is -2.47. The fourth-order valence-corrected chi connectivity index (χ4v) is 7.02. The number of carbonyl (C=O) groups is 2. The molecule has 0 unspecified atom stereocenters. The largest absolute Gasteiger partial charge is 0.379 e. The van der Waals surface area contributed by atoms with E-state index in [1.165, 1.54) is 133 Å². The minimum Gasteiger partial charge on any atom is -0.379 e. The number of rotatable bonds is 35. The number of hydrogen-bond donors (Lipinski definition) is 3. The number of thioether (sulfide) groups is 1. The maximum absolute atomic E-state index is 12.8. The Morgan fingerprint density at radius 2 is 1.20 bits per heavy atom. The molecule has 0 radical (unpaired) electrons. The summed E-state index contributed by atoms with van der Waals surface area (Å²) in [5.41, 5.74) is 6.18. The van der Waals surface area contributed by atoms with Crippen LogP contribution >= 0.6 is 11.8 Å². The second-order valence-corrected chi connectivity index (χ2v) is 14.9. The van der Waals surface area contributed by atoms with Gasteiger partial charge in [0.15, 0.2) is 0 Å². The van der Waals surface area contributed by atoms with Crippen LogP contribution < -0.4 is 11.1 Å². The zero-order valence-electron chi connectivity index (χ0n) is 30.3. The van der Waals surface area contributed by atoms with Gasteiger partial charge in [-0.05, 0) is 25.7 Å². The molecule has 2 amide bonds. The van der Waals surface area contributed by atoms with Crippen molar-refractivity contribution >= 4 is 23.6 Å². The molecule has 7 nitrogen and oxygen atoms in total. The maximum Gasteiger partial charge on any atom is 0.242 e. The third-order valence-electron chi connectivity index (χ3n) is 9.19. The smallest absolute Gasteiger partial charge is 0.242 e. The summed E-state index contributed by atoms with van der Waals surface area (Å²) in [5.74, 6) is 1.03. The standard InChI is InChI=1S/C38H75N3O4S/c1-3-5-7-9-11-13-14-15-16-17-19-21-23-25-29-45-30-34(31-46-32-36(39)38(44)41(33-42)35-27-28-35)40-37(43)26-24-22-20-18-12-10-8-6-4-2/h34-36,42H,3-33,39H2,1-2H3,(H,40,43)/t34-,36+/m1/s1. The lowest BCUT2D eigenvalue weighted by Gasteiger charge is -2.24. The fraction of sp³-hybridized carbons (Fsp3) is 0.947. The lowest BCUT2D eigenvalue weighted by atomic mass is 10.0. The quantitative estimate of drug-likeness (QED) is 0.0460. The number of aliphatic hydroxyl groups is 1. The number of nitrogens with zero attached hydrogens (tertiary/aromatic N) is 1. The van der Waals surface area contributed by atoms with Crippen molar-refractivity contribution in [1.29, 1.82) is 0 Å². The predicted molar refractivity (Wildman–Crippen MR) is 197 cm³/mol. The molecular weight excluding hydrogens is 595 g/mol. The van der Waals surface area contributed by atoms with E-state index >= 15 is 0 Å². The van der Waals surface area contributed by atoms with Crippen molar-refractivity contribution in [3.63, 3.8) is 0 Å². The average Bonchev–Trinajstić information content (AvgIpc) is 3.89. The second kappa shape index (κ2) is 31.4. The summed E-state index contributed by atoms with van der Waals surface area (Å²) >= 11 is 1.58. The van der Waals surface area contributed by atoms with Gasteiger partial charge in [-0.3, -0.25) is 9.59 Å². The van der Waals surface area contributed by atoms with Crippen molar-refractivity contribution in [2.24, 2.45) is 5.73 Å². The van der Waals surface area contributed by atoms with E-state index in [1.807, 2.05) is 0 Å². The molecule has 8 heteroatoms. The van der Waals surface area contributed by atoms with E-state index in [0.717, 1.165) is 38.7 Å². The van der Waals surface area contributed by atoms with Crippen LogP contribution in [-0.2, 0) is 14.3 Å². The second-order valence-electron chi connectivity index (χ2n) is 13.8. The van der Waals surface area contributed by atoms with Gasteiger partial charge < -0.3 is 25.8 Å². The summed E-state index contributed by atoms with van der Waals surface area (Å²) in [5, 5.41) is 12.8. The Morgan fingerprint density at radius 1 is 0.739 bits per heavy atom. The highest BCUT2D eigenvalue weighted by atomic mass is 32.2. The number of carbonyl (C=O) groups excluding carboxylic acids is 2. The van der Waals surface area contributed by atoms with Crippen molar-refractivity contribution in [2.45, 2.75) is 199 Å². The molecule has 1 aliphatic carbocycles. The number of aliphatic hydroxyl groups excluding tert-OH is 1. The van der Waals surface area contributed by atoms with E-state index in [0.29, 0.717) is 24.5 Å². The number of nitrogens with one attached hydrogen (secondary N) is 1. The molecule has 0 spiro atoms. The number of ether oxygens (including phenoxy) is 1. The third-order valence-corrected chi connectivity index (χ3v) is 10.4. The Morgan fingerprint density at radius 3 is 1.65 bits per heavy atom. The average molecular weight is 670 g/mol. The molecule has 1 aliphatic rings. The monoisotopic (exact) mass is 670 g/mol. The van der Waals surface area contributed by atoms with Crippen LogP contribution in [0, 0.1) is 0 Å². The Kier molecular flexibility index (Phi) is 29.5. The molecule has 0 heterocycles. The van der Waals surface area contributed by atoms with Crippen molar-refractivity contribution in [1.82, 2.24) is 10.2 Å². The van der Waals surface area contributed by atoms with Crippen molar-refractivity contribution in [3.8, 4) is 0 Å². The Hall–Kier alpha value is -0.830. The van der Waals surface area contributed by atoms with Crippen LogP contribution in [0.3, 0.4) is 0 Å². The number of unbranched alkanes of at least 4 members (excludes halogenated alkanes) is 21. The summed E-state index contributed by atoms with van der Waals surface area (Å²) in [6.07, 6.45) is 32.3. The molecule has 0 aromatic rings. The summed E-state index contributed by atoms with van der Waals surface area (Å²) in [7, 11) is 0. The zero-order chi connectivity index (χ0) is 33.5. The highest BCUT2D eigenvalue weighted by Gasteiger charge is 2.34. The lowest BCUT2D eigenvalue weighted by molar-refractivity contribution is -0.136. The molecule has 1 fully saturated rings. The molecule has 0 bridgehead atoms. The van der Waals surface area contributed by atoms with Gasteiger partial charge in [-0.2, -0.15) is 11.8 Å². The minimum absolute atomic E-state index is 0.0919. The van der Waals surface area contributed by atoms with E-state index in [4.69, 9.17) is 10.5 Å². The van der Waals surface area contributed by atoms with Crippen molar-refractivity contribution in [3.05, 3.63) is 0 Å². The first-order chi connectivity index (χ1) is 22.5. The van der Waals surface area contributed by atoms with Gasteiger partial charge in [0.05, 0.1) is 18.7 Å². The number of amides is 2. The molecule has 272 valence electrons.